The van der Waals surface area contributed by atoms with Crippen LogP contribution in [0.3, 0.4) is 0 Å². The maximum absolute atomic E-state index is 12.8. The summed E-state index contributed by atoms with van der Waals surface area (Å²) in [6.45, 7) is 1.27. The van der Waals surface area contributed by atoms with Crippen LogP contribution < -0.4 is 10.1 Å². The Bertz CT molecular complexity index is 1390. The van der Waals surface area contributed by atoms with Gasteiger partial charge in [-0.3, -0.25) is 10.1 Å². The first-order chi connectivity index (χ1) is 16.0. The van der Waals surface area contributed by atoms with Gasteiger partial charge in [0.25, 0.3) is 5.91 Å². The molecule has 3 heterocycles. The molecule has 8 nitrogen and oxygen atoms in total. The number of fused-ring (bicyclic) bond motifs is 1. The molecule has 1 amide bonds. The molecule has 0 unspecified atom stereocenters. The van der Waals surface area contributed by atoms with Crippen molar-refractivity contribution in [2.75, 3.05) is 18.4 Å². The van der Waals surface area contributed by atoms with E-state index in [-0.39, 0.29) is 17.3 Å². The highest BCUT2D eigenvalue weighted by Gasteiger charge is 2.27. The van der Waals surface area contributed by atoms with Crippen molar-refractivity contribution in [1.82, 2.24) is 9.29 Å². The summed E-state index contributed by atoms with van der Waals surface area (Å²) >= 11 is 1.21. The first-order valence-electron chi connectivity index (χ1n) is 10.5. The minimum absolute atomic E-state index is 0.141. The summed E-state index contributed by atoms with van der Waals surface area (Å²) in [4.78, 5) is 17.4. The zero-order valence-electron chi connectivity index (χ0n) is 17.6. The lowest BCUT2D eigenvalue weighted by Gasteiger charge is -2.15. The number of hydrogen-bond donors (Lipinski definition) is 1. The molecule has 2 aromatic heterocycles. The van der Waals surface area contributed by atoms with Crippen LogP contribution in [0.2, 0.25) is 0 Å². The number of para-hydroxylation sites is 1. The lowest BCUT2D eigenvalue weighted by molar-refractivity contribution is 0.0993. The second-order valence-electron chi connectivity index (χ2n) is 7.59. The van der Waals surface area contributed by atoms with E-state index in [1.807, 2.05) is 30.3 Å². The van der Waals surface area contributed by atoms with Crippen LogP contribution in [0.5, 0.6) is 5.75 Å². The quantitative estimate of drug-likeness (QED) is 0.415. The monoisotopic (exact) mass is 483 g/mol. The topological polar surface area (TPSA) is 102 Å². The van der Waals surface area contributed by atoms with Crippen LogP contribution in [0.1, 0.15) is 29.0 Å². The maximum Gasteiger partial charge on any atom is 0.293 e. The standard InChI is InChI=1S/C23H21N3O5S2/c27-22(21-16(10-13-30-21)15-31-17-6-2-1-3-7-17)25-23-24-19-9-8-18(14-20(19)32-23)33(28,29)26-11-4-5-12-26/h1-3,6-10,13-14H,4-5,11-12,15H2,(H,24,25,27). The Labute approximate surface area is 194 Å². The van der Waals surface area contributed by atoms with E-state index in [4.69, 9.17) is 9.15 Å². The van der Waals surface area contributed by atoms with Crippen molar-refractivity contribution in [1.29, 1.82) is 0 Å². The van der Waals surface area contributed by atoms with Gasteiger partial charge in [0.2, 0.25) is 10.0 Å². The summed E-state index contributed by atoms with van der Waals surface area (Å²) in [7, 11) is -3.52. The van der Waals surface area contributed by atoms with Gasteiger partial charge in [-0.05, 0) is 49.2 Å². The second-order valence-corrected chi connectivity index (χ2v) is 10.6. The fourth-order valence-corrected chi connectivity index (χ4v) is 6.20. The molecule has 0 saturated carbocycles. The van der Waals surface area contributed by atoms with E-state index in [0.717, 1.165) is 12.8 Å². The summed E-state index contributed by atoms with van der Waals surface area (Å²) in [5.74, 6) is 0.383. The molecular formula is C23H21N3O5S2. The number of carbonyl (C=O) groups excluding carboxylic acids is 1. The lowest BCUT2D eigenvalue weighted by atomic mass is 10.2. The number of furan rings is 1. The van der Waals surface area contributed by atoms with Crippen molar-refractivity contribution in [3.8, 4) is 5.75 Å². The van der Waals surface area contributed by atoms with Crippen LogP contribution in [0, 0.1) is 0 Å². The van der Waals surface area contributed by atoms with E-state index in [1.165, 1.54) is 21.9 Å². The third-order valence-corrected chi connectivity index (χ3v) is 8.20. The molecule has 0 radical (unpaired) electrons. The number of rotatable bonds is 7. The molecule has 1 saturated heterocycles. The van der Waals surface area contributed by atoms with Gasteiger partial charge >= 0.3 is 0 Å². The molecule has 1 N–H and O–H groups in total. The molecule has 0 spiro atoms. The zero-order chi connectivity index (χ0) is 22.8. The minimum atomic E-state index is -3.52. The summed E-state index contributed by atoms with van der Waals surface area (Å²) in [6.07, 6.45) is 3.19. The Morgan fingerprint density at radius 1 is 1.12 bits per heavy atom. The SMILES string of the molecule is O=C(Nc1nc2ccc(S(=O)(=O)N3CCCC3)cc2s1)c1occc1COc1ccccc1. The van der Waals surface area contributed by atoms with Gasteiger partial charge in [0, 0.05) is 18.7 Å². The van der Waals surface area contributed by atoms with Crippen LogP contribution in [0.15, 0.2) is 70.2 Å². The number of anilines is 1. The van der Waals surface area contributed by atoms with Gasteiger partial charge in [0.05, 0.1) is 21.4 Å². The Balaban J connectivity index is 1.31. The summed E-state index contributed by atoms with van der Waals surface area (Å²) in [5, 5.41) is 3.10. The highest BCUT2D eigenvalue weighted by atomic mass is 32.2. The van der Waals surface area contributed by atoms with E-state index >= 15 is 0 Å². The van der Waals surface area contributed by atoms with E-state index < -0.39 is 15.9 Å². The number of ether oxygens (including phenoxy) is 1. The number of thiazole rings is 1. The molecule has 0 bridgehead atoms. The first-order valence-corrected chi connectivity index (χ1v) is 12.7. The van der Waals surface area contributed by atoms with Crippen molar-refractivity contribution in [2.45, 2.75) is 24.3 Å². The van der Waals surface area contributed by atoms with Gasteiger partial charge in [-0.15, -0.1) is 0 Å². The summed E-state index contributed by atoms with van der Waals surface area (Å²) in [5.41, 5.74) is 1.22. The average molecular weight is 484 g/mol. The number of hydrogen-bond acceptors (Lipinski definition) is 7. The molecule has 0 aliphatic carbocycles. The van der Waals surface area contributed by atoms with Gasteiger partial charge in [0.1, 0.15) is 12.4 Å². The van der Waals surface area contributed by atoms with Crippen molar-refractivity contribution in [3.05, 3.63) is 72.2 Å². The summed E-state index contributed by atoms with van der Waals surface area (Å²) in [6, 6.07) is 15.8. The molecule has 0 atom stereocenters. The van der Waals surface area contributed by atoms with Crippen LogP contribution in [0.25, 0.3) is 10.2 Å². The molecule has 170 valence electrons. The average Bonchev–Trinajstić information content (AvgIpc) is 3.58. The lowest BCUT2D eigenvalue weighted by Crippen LogP contribution is -2.27. The Morgan fingerprint density at radius 2 is 1.91 bits per heavy atom. The van der Waals surface area contributed by atoms with Crippen molar-refractivity contribution in [3.63, 3.8) is 0 Å². The molecule has 1 aliphatic heterocycles. The largest absolute Gasteiger partial charge is 0.489 e. The molecule has 1 fully saturated rings. The third kappa shape index (κ3) is 4.50. The Kier molecular flexibility index (Phi) is 5.88. The van der Waals surface area contributed by atoms with E-state index in [2.05, 4.69) is 10.3 Å². The molecule has 1 aliphatic rings. The molecule has 5 rings (SSSR count). The number of nitrogens with one attached hydrogen (secondary N) is 1. The molecular weight excluding hydrogens is 462 g/mol. The predicted octanol–water partition coefficient (Wildman–Crippen LogP) is 4.51. The smallest absolute Gasteiger partial charge is 0.293 e. The Morgan fingerprint density at radius 3 is 2.70 bits per heavy atom. The van der Waals surface area contributed by atoms with Crippen LogP contribution in [-0.4, -0.2) is 36.7 Å². The van der Waals surface area contributed by atoms with Crippen molar-refractivity contribution >= 4 is 42.6 Å². The number of benzene rings is 2. The number of sulfonamides is 1. The fraction of sp³-hybridized carbons (Fsp3) is 0.217. The molecule has 4 aromatic rings. The van der Waals surface area contributed by atoms with E-state index in [9.17, 15) is 13.2 Å². The maximum atomic E-state index is 12.8. The minimum Gasteiger partial charge on any atom is -0.489 e. The Hall–Kier alpha value is -3.21. The van der Waals surface area contributed by atoms with Gasteiger partial charge in [-0.25, -0.2) is 13.4 Å². The van der Waals surface area contributed by atoms with Crippen LogP contribution in [0.4, 0.5) is 5.13 Å². The van der Waals surface area contributed by atoms with Gasteiger partial charge in [0.15, 0.2) is 10.9 Å². The van der Waals surface area contributed by atoms with Gasteiger partial charge in [-0.1, -0.05) is 29.5 Å². The molecule has 33 heavy (non-hydrogen) atoms. The fourth-order valence-electron chi connectivity index (χ4n) is 3.68. The van der Waals surface area contributed by atoms with Crippen molar-refractivity contribution in [2.24, 2.45) is 0 Å². The molecule has 2 aromatic carbocycles. The second kappa shape index (κ2) is 8.97. The van der Waals surface area contributed by atoms with Crippen LogP contribution in [-0.2, 0) is 16.6 Å². The van der Waals surface area contributed by atoms with E-state index in [1.54, 1.807) is 24.3 Å². The highest BCUT2D eigenvalue weighted by Crippen LogP contribution is 2.30. The predicted molar refractivity (Wildman–Crippen MR) is 125 cm³/mol. The summed E-state index contributed by atoms with van der Waals surface area (Å²) < 4.78 is 39.0. The van der Waals surface area contributed by atoms with Crippen molar-refractivity contribution < 1.29 is 22.4 Å². The third-order valence-electron chi connectivity index (χ3n) is 5.37. The number of carbonyl (C=O) groups is 1. The number of amides is 1. The van der Waals surface area contributed by atoms with E-state index in [0.29, 0.717) is 39.8 Å². The normalized spacial score (nSPS) is 14.5. The number of aromatic nitrogens is 1. The van der Waals surface area contributed by atoms with Gasteiger partial charge in [-0.2, -0.15) is 4.31 Å². The molecule has 10 heteroatoms. The highest BCUT2D eigenvalue weighted by molar-refractivity contribution is 7.89. The number of nitrogens with zero attached hydrogens (tertiary/aromatic N) is 2. The zero-order valence-corrected chi connectivity index (χ0v) is 19.2. The first kappa shape index (κ1) is 21.6. The van der Waals surface area contributed by atoms with Crippen LogP contribution >= 0.6 is 11.3 Å². The van der Waals surface area contributed by atoms with Gasteiger partial charge < -0.3 is 9.15 Å².